The molecular weight excluding hydrogens is 536 g/mol. The number of hydrogen-bond donors (Lipinski definition) is 3. The Morgan fingerprint density at radius 1 is 0.800 bits per heavy atom. The van der Waals surface area contributed by atoms with Gasteiger partial charge in [-0.25, -0.2) is 18.0 Å². The van der Waals surface area contributed by atoms with Crippen molar-refractivity contribution >= 4 is 22.0 Å². The van der Waals surface area contributed by atoms with Crippen LogP contribution in [0.2, 0.25) is 0 Å². The average molecular weight is 571 g/mol. The van der Waals surface area contributed by atoms with E-state index in [-0.39, 0.29) is 12.7 Å². The molecule has 2 atom stereocenters. The molecule has 3 N–H and O–H groups in total. The number of aryl methyl sites for hydroxylation is 1. The molecule has 40 heavy (non-hydrogen) atoms. The van der Waals surface area contributed by atoms with Crippen LogP contribution in [0.3, 0.4) is 0 Å². The number of aliphatic hydroxyl groups is 1. The van der Waals surface area contributed by atoms with Crippen molar-refractivity contribution in [2.45, 2.75) is 24.0 Å². The maximum atomic E-state index is 12.8. The van der Waals surface area contributed by atoms with E-state index >= 15 is 0 Å². The molecule has 0 aromatic heterocycles. The molecule has 0 bridgehead atoms. The highest BCUT2D eigenvalue weighted by Gasteiger charge is 2.29. The van der Waals surface area contributed by atoms with E-state index in [0.717, 1.165) is 11.1 Å². The summed E-state index contributed by atoms with van der Waals surface area (Å²) in [6.07, 6.45) is -0.932. The zero-order chi connectivity index (χ0) is 29.1. The fourth-order valence-electron chi connectivity index (χ4n) is 4.21. The number of β-amino-alcohol motifs (C(OH)–C–C–N with tert-alkyl or cyclic N) is 1. The summed E-state index contributed by atoms with van der Waals surface area (Å²) in [6, 6.07) is 26.8. The first-order chi connectivity index (χ1) is 19.1. The van der Waals surface area contributed by atoms with Crippen molar-refractivity contribution in [2.75, 3.05) is 39.3 Å². The van der Waals surface area contributed by atoms with E-state index < -0.39 is 28.1 Å². The van der Waals surface area contributed by atoms with E-state index in [4.69, 9.17) is 24.5 Å². The summed E-state index contributed by atoms with van der Waals surface area (Å²) in [5, 5.41) is 25.5. The highest BCUT2D eigenvalue weighted by Crippen LogP contribution is 2.26. The van der Waals surface area contributed by atoms with Crippen molar-refractivity contribution in [1.29, 1.82) is 0 Å². The molecule has 3 aromatic carbocycles. The molecule has 1 fully saturated rings. The second kappa shape index (κ2) is 14.7. The molecule has 4 rings (SSSR count). The van der Waals surface area contributed by atoms with Crippen LogP contribution in [0.15, 0.2) is 89.8 Å². The zero-order valence-electron chi connectivity index (χ0n) is 22.2. The number of carbonyl (C=O) groups is 2. The van der Waals surface area contributed by atoms with E-state index in [2.05, 4.69) is 36.1 Å². The number of carboxylic acid groups (broad SMARTS) is 2. The van der Waals surface area contributed by atoms with Crippen LogP contribution < -0.4 is 0 Å². The summed E-state index contributed by atoms with van der Waals surface area (Å²) >= 11 is 0. The molecule has 0 spiro atoms. The third-order valence-corrected chi connectivity index (χ3v) is 8.21. The number of hydrogen-bond acceptors (Lipinski definition) is 7. The van der Waals surface area contributed by atoms with E-state index in [9.17, 15) is 13.5 Å². The number of nitrogens with zero attached hydrogens (tertiary/aromatic N) is 2. The summed E-state index contributed by atoms with van der Waals surface area (Å²) in [6.45, 7) is 4.63. The first-order valence-electron chi connectivity index (χ1n) is 12.7. The molecule has 1 aliphatic rings. The van der Waals surface area contributed by atoms with Crippen LogP contribution in [0.1, 0.15) is 22.8 Å². The summed E-state index contributed by atoms with van der Waals surface area (Å²) < 4.78 is 33.4. The van der Waals surface area contributed by atoms with Crippen molar-refractivity contribution in [3.05, 3.63) is 102 Å². The fraction of sp³-hybridized carbons (Fsp3) is 0.310. The van der Waals surface area contributed by atoms with Crippen LogP contribution in [-0.2, 0) is 24.3 Å². The SMILES string of the molecule is Cc1ccc(C(OCC(O)CN2CCN(S(=O)(=O)c3ccccc3)CC2)c2ccccc2)cc1.O=C(O)C(=O)O. The second-order valence-electron chi connectivity index (χ2n) is 9.32. The highest BCUT2D eigenvalue weighted by molar-refractivity contribution is 7.89. The molecule has 2 unspecified atom stereocenters. The van der Waals surface area contributed by atoms with E-state index in [1.165, 1.54) is 9.87 Å². The van der Waals surface area contributed by atoms with Gasteiger partial charge in [0.2, 0.25) is 10.0 Å². The number of aliphatic carboxylic acids is 2. The van der Waals surface area contributed by atoms with Gasteiger partial charge in [0, 0.05) is 32.7 Å². The molecule has 214 valence electrons. The van der Waals surface area contributed by atoms with Gasteiger partial charge in [0.25, 0.3) is 0 Å². The first-order valence-corrected chi connectivity index (χ1v) is 14.2. The third-order valence-electron chi connectivity index (χ3n) is 6.30. The van der Waals surface area contributed by atoms with Gasteiger partial charge in [-0.05, 0) is 30.2 Å². The van der Waals surface area contributed by atoms with Gasteiger partial charge in [0.1, 0.15) is 6.10 Å². The number of piperazine rings is 1. The van der Waals surface area contributed by atoms with E-state index in [1.807, 2.05) is 36.4 Å². The Labute approximate surface area is 234 Å². The quantitative estimate of drug-likeness (QED) is 0.331. The largest absolute Gasteiger partial charge is 0.473 e. The molecule has 3 aromatic rings. The molecule has 1 aliphatic heterocycles. The molecule has 11 heteroatoms. The van der Waals surface area contributed by atoms with Crippen molar-refractivity contribution in [3.63, 3.8) is 0 Å². The van der Waals surface area contributed by atoms with E-state index in [1.54, 1.807) is 24.3 Å². The molecule has 10 nitrogen and oxygen atoms in total. The van der Waals surface area contributed by atoms with Crippen molar-refractivity contribution in [2.24, 2.45) is 0 Å². The van der Waals surface area contributed by atoms with Gasteiger partial charge in [-0.1, -0.05) is 78.4 Å². The van der Waals surface area contributed by atoms with Crippen molar-refractivity contribution < 1.29 is 38.1 Å². The number of ether oxygens (including phenoxy) is 1. The standard InChI is InChI=1S/C27H32N2O4S.C2H2O4/c1-22-12-14-24(15-13-22)27(23-8-4-2-5-9-23)33-21-25(30)20-28-16-18-29(19-17-28)34(31,32)26-10-6-3-7-11-26;3-1(4)2(5)6/h2-15,25,27,30H,16-21H2,1H3;(H,3,4)(H,5,6). The van der Waals surface area contributed by atoms with Crippen LogP contribution in [-0.4, -0.2) is 90.3 Å². The molecule has 0 radical (unpaired) electrons. The lowest BCUT2D eigenvalue weighted by molar-refractivity contribution is -0.159. The summed E-state index contributed by atoms with van der Waals surface area (Å²) in [4.78, 5) is 20.6. The van der Waals surface area contributed by atoms with Crippen LogP contribution in [0.4, 0.5) is 0 Å². The van der Waals surface area contributed by atoms with Gasteiger partial charge < -0.3 is 20.1 Å². The average Bonchev–Trinajstić information content (AvgIpc) is 2.96. The van der Waals surface area contributed by atoms with Gasteiger partial charge in [0.05, 0.1) is 17.6 Å². The Balaban J connectivity index is 0.000000663. The minimum atomic E-state index is -3.48. The predicted octanol–water partition coefficient (Wildman–Crippen LogP) is 2.62. The number of carboxylic acids is 2. The minimum Gasteiger partial charge on any atom is -0.473 e. The number of rotatable bonds is 9. The smallest absolute Gasteiger partial charge is 0.414 e. The molecular formula is C29H34N2O8S. The monoisotopic (exact) mass is 570 g/mol. The Morgan fingerprint density at radius 2 is 1.30 bits per heavy atom. The van der Waals surface area contributed by atoms with Crippen molar-refractivity contribution in [1.82, 2.24) is 9.21 Å². The maximum Gasteiger partial charge on any atom is 0.414 e. The fourth-order valence-corrected chi connectivity index (χ4v) is 5.65. The maximum absolute atomic E-state index is 12.8. The predicted molar refractivity (Wildman–Crippen MR) is 148 cm³/mol. The number of benzene rings is 3. The van der Waals surface area contributed by atoms with Crippen LogP contribution in [0.5, 0.6) is 0 Å². The highest BCUT2D eigenvalue weighted by atomic mass is 32.2. The normalized spacial score (nSPS) is 15.8. The van der Waals surface area contributed by atoms with Crippen LogP contribution in [0.25, 0.3) is 0 Å². The van der Waals surface area contributed by atoms with Gasteiger partial charge >= 0.3 is 11.9 Å². The number of sulfonamides is 1. The lowest BCUT2D eigenvalue weighted by atomic mass is 10.0. The number of aliphatic hydroxyl groups excluding tert-OH is 1. The summed E-state index contributed by atoms with van der Waals surface area (Å²) in [5.41, 5.74) is 3.27. The molecule has 0 saturated carbocycles. The zero-order valence-corrected chi connectivity index (χ0v) is 23.0. The molecule has 1 heterocycles. The second-order valence-corrected chi connectivity index (χ2v) is 11.3. The molecule has 1 saturated heterocycles. The van der Waals surface area contributed by atoms with Gasteiger partial charge in [-0.2, -0.15) is 4.31 Å². The van der Waals surface area contributed by atoms with Crippen LogP contribution in [0, 0.1) is 6.92 Å². The summed E-state index contributed by atoms with van der Waals surface area (Å²) in [5.74, 6) is -3.65. The third kappa shape index (κ3) is 8.97. The minimum absolute atomic E-state index is 0.190. The Morgan fingerprint density at radius 3 is 1.82 bits per heavy atom. The molecule has 0 amide bonds. The Bertz CT molecular complexity index is 1320. The van der Waals surface area contributed by atoms with Gasteiger partial charge in [-0.3, -0.25) is 4.90 Å². The Kier molecular flexibility index (Phi) is 11.4. The van der Waals surface area contributed by atoms with E-state index in [0.29, 0.717) is 37.6 Å². The lowest BCUT2D eigenvalue weighted by Crippen LogP contribution is -2.50. The summed E-state index contributed by atoms with van der Waals surface area (Å²) in [7, 11) is -3.48. The van der Waals surface area contributed by atoms with Crippen molar-refractivity contribution in [3.8, 4) is 0 Å². The molecule has 0 aliphatic carbocycles. The van der Waals surface area contributed by atoms with Crippen LogP contribution >= 0.6 is 0 Å². The lowest BCUT2D eigenvalue weighted by Gasteiger charge is -2.35. The topological polar surface area (TPSA) is 145 Å². The van der Waals surface area contributed by atoms with Gasteiger partial charge in [-0.15, -0.1) is 0 Å². The first kappa shape index (κ1) is 30.9. The Hall–Kier alpha value is -3.61. The van der Waals surface area contributed by atoms with Gasteiger partial charge in [0.15, 0.2) is 0 Å².